The number of rotatable bonds is 5. The minimum atomic E-state index is -0.638. The average molecular weight is 370 g/mol. The standard InChI is InChI=1S/C20H19FN2O4/c21-15-4-2-1-3-13(15)7-8-23-19(24)12-16(20(23)25)22-14-5-6-17-18(11-14)27-10-9-26-17/h1-6,11,16,22H,7-10,12H2. The number of nitrogens with zero attached hydrogens (tertiary/aromatic N) is 1. The molecule has 1 saturated heterocycles. The van der Waals surface area contributed by atoms with Crippen molar-refractivity contribution in [2.45, 2.75) is 18.9 Å². The molecule has 0 aliphatic carbocycles. The lowest BCUT2D eigenvalue weighted by Gasteiger charge is -2.20. The second-order valence-corrected chi connectivity index (χ2v) is 6.48. The molecular formula is C20H19FN2O4. The highest BCUT2D eigenvalue weighted by Crippen LogP contribution is 2.33. The van der Waals surface area contributed by atoms with Gasteiger partial charge in [0.25, 0.3) is 5.91 Å². The molecule has 1 unspecified atom stereocenters. The molecule has 0 saturated carbocycles. The molecule has 2 aromatic carbocycles. The van der Waals surface area contributed by atoms with Crippen molar-refractivity contribution in [1.82, 2.24) is 4.90 Å². The van der Waals surface area contributed by atoms with E-state index >= 15 is 0 Å². The number of imide groups is 1. The lowest BCUT2D eigenvalue weighted by Crippen LogP contribution is -2.36. The molecule has 1 N–H and O–H groups in total. The Bertz CT molecular complexity index is 886. The normalized spacial score (nSPS) is 18.7. The lowest BCUT2D eigenvalue weighted by molar-refractivity contribution is -0.138. The third-order valence-electron chi connectivity index (χ3n) is 4.69. The first-order chi connectivity index (χ1) is 13.1. The summed E-state index contributed by atoms with van der Waals surface area (Å²) < 4.78 is 24.7. The number of carbonyl (C=O) groups is 2. The van der Waals surface area contributed by atoms with Crippen molar-refractivity contribution < 1.29 is 23.5 Å². The van der Waals surface area contributed by atoms with Crippen LogP contribution in [-0.2, 0) is 16.0 Å². The molecule has 0 radical (unpaired) electrons. The summed E-state index contributed by atoms with van der Waals surface area (Å²) in [5, 5.41) is 3.09. The van der Waals surface area contributed by atoms with Gasteiger partial charge in [-0.3, -0.25) is 14.5 Å². The molecule has 2 heterocycles. The molecule has 0 bridgehead atoms. The van der Waals surface area contributed by atoms with Crippen LogP contribution in [0.3, 0.4) is 0 Å². The largest absolute Gasteiger partial charge is 0.486 e. The van der Waals surface area contributed by atoms with E-state index in [2.05, 4.69) is 5.32 Å². The Kier molecular flexibility index (Phi) is 4.66. The van der Waals surface area contributed by atoms with Crippen LogP contribution in [0.5, 0.6) is 11.5 Å². The van der Waals surface area contributed by atoms with E-state index in [0.717, 1.165) is 0 Å². The molecule has 27 heavy (non-hydrogen) atoms. The summed E-state index contributed by atoms with van der Waals surface area (Å²) in [4.78, 5) is 26.1. The maximum Gasteiger partial charge on any atom is 0.252 e. The van der Waals surface area contributed by atoms with Gasteiger partial charge in [-0.2, -0.15) is 0 Å². The van der Waals surface area contributed by atoms with Crippen LogP contribution < -0.4 is 14.8 Å². The molecule has 2 amide bonds. The summed E-state index contributed by atoms with van der Waals surface area (Å²) in [6.07, 6.45) is 0.367. The van der Waals surface area contributed by atoms with Crippen LogP contribution >= 0.6 is 0 Å². The smallest absolute Gasteiger partial charge is 0.252 e. The molecule has 2 aliphatic rings. The van der Waals surface area contributed by atoms with Crippen molar-refractivity contribution in [3.05, 3.63) is 53.8 Å². The van der Waals surface area contributed by atoms with Crippen molar-refractivity contribution in [2.75, 3.05) is 25.1 Å². The third kappa shape index (κ3) is 3.58. The summed E-state index contributed by atoms with van der Waals surface area (Å²) in [6.45, 7) is 1.14. The Morgan fingerprint density at radius 2 is 1.85 bits per heavy atom. The Morgan fingerprint density at radius 1 is 1.07 bits per heavy atom. The molecule has 6 nitrogen and oxygen atoms in total. The Balaban J connectivity index is 1.41. The highest BCUT2D eigenvalue weighted by molar-refractivity contribution is 6.06. The van der Waals surface area contributed by atoms with E-state index < -0.39 is 6.04 Å². The van der Waals surface area contributed by atoms with E-state index in [-0.39, 0.29) is 30.6 Å². The average Bonchev–Trinajstić information content (AvgIpc) is 2.94. The summed E-state index contributed by atoms with van der Waals surface area (Å²) in [7, 11) is 0. The highest BCUT2D eigenvalue weighted by Gasteiger charge is 2.38. The fourth-order valence-corrected chi connectivity index (χ4v) is 3.30. The van der Waals surface area contributed by atoms with Gasteiger partial charge in [0, 0.05) is 18.3 Å². The van der Waals surface area contributed by atoms with Gasteiger partial charge in [0.2, 0.25) is 5.91 Å². The second-order valence-electron chi connectivity index (χ2n) is 6.48. The van der Waals surface area contributed by atoms with Crippen LogP contribution in [0, 0.1) is 5.82 Å². The summed E-state index contributed by atoms with van der Waals surface area (Å²) in [6, 6.07) is 11.0. The number of carbonyl (C=O) groups excluding carboxylic acids is 2. The molecule has 7 heteroatoms. The predicted octanol–water partition coefficient (Wildman–Crippen LogP) is 2.38. The summed E-state index contributed by atoms with van der Waals surface area (Å²) >= 11 is 0. The van der Waals surface area contributed by atoms with Gasteiger partial charge < -0.3 is 14.8 Å². The summed E-state index contributed by atoms with van der Waals surface area (Å²) in [5.74, 6) is 0.381. The molecular weight excluding hydrogens is 351 g/mol. The molecule has 0 spiro atoms. The number of nitrogens with one attached hydrogen (secondary N) is 1. The number of fused-ring (bicyclic) bond motifs is 1. The predicted molar refractivity (Wildman–Crippen MR) is 96.3 cm³/mol. The first kappa shape index (κ1) is 17.3. The number of anilines is 1. The quantitative estimate of drug-likeness (QED) is 0.819. The highest BCUT2D eigenvalue weighted by atomic mass is 19.1. The van der Waals surface area contributed by atoms with Gasteiger partial charge in [-0.25, -0.2) is 4.39 Å². The van der Waals surface area contributed by atoms with E-state index in [4.69, 9.17) is 9.47 Å². The van der Waals surface area contributed by atoms with Crippen LogP contribution in [0.2, 0.25) is 0 Å². The molecule has 2 aromatic rings. The van der Waals surface area contributed by atoms with E-state index in [1.807, 2.05) is 0 Å². The number of benzene rings is 2. The molecule has 0 aromatic heterocycles. The number of hydrogen-bond acceptors (Lipinski definition) is 5. The molecule has 4 rings (SSSR count). The monoisotopic (exact) mass is 370 g/mol. The van der Waals surface area contributed by atoms with Crippen molar-refractivity contribution >= 4 is 17.5 Å². The van der Waals surface area contributed by atoms with Gasteiger partial charge in [0.05, 0.1) is 6.42 Å². The maximum atomic E-state index is 13.7. The van der Waals surface area contributed by atoms with Crippen molar-refractivity contribution in [2.24, 2.45) is 0 Å². The number of likely N-dealkylation sites (tertiary alicyclic amines) is 1. The van der Waals surface area contributed by atoms with Crippen LogP contribution in [0.25, 0.3) is 0 Å². The van der Waals surface area contributed by atoms with Gasteiger partial charge in [-0.15, -0.1) is 0 Å². The van der Waals surface area contributed by atoms with Crippen LogP contribution in [-0.4, -0.2) is 42.5 Å². The zero-order valence-corrected chi connectivity index (χ0v) is 14.6. The van der Waals surface area contributed by atoms with Crippen LogP contribution in [0.15, 0.2) is 42.5 Å². The fourth-order valence-electron chi connectivity index (χ4n) is 3.30. The van der Waals surface area contributed by atoms with E-state index in [1.54, 1.807) is 36.4 Å². The molecule has 140 valence electrons. The number of amides is 2. The Labute approximate surface area is 155 Å². The van der Waals surface area contributed by atoms with E-state index in [0.29, 0.717) is 42.4 Å². The zero-order valence-electron chi connectivity index (χ0n) is 14.6. The van der Waals surface area contributed by atoms with Gasteiger partial charge in [0.1, 0.15) is 25.1 Å². The minimum Gasteiger partial charge on any atom is -0.486 e. The second kappa shape index (κ2) is 7.26. The first-order valence-corrected chi connectivity index (χ1v) is 8.85. The van der Waals surface area contributed by atoms with Crippen molar-refractivity contribution in [3.63, 3.8) is 0 Å². The van der Waals surface area contributed by atoms with Crippen molar-refractivity contribution in [1.29, 1.82) is 0 Å². The Hall–Kier alpha value is -3.09. The number of hydrogen-bond donors (Lipinski definition) is 1. The van der Waals surface area contributed by atoms with E-state index in [9.17, 15) is 14.0 Å². The molecule has 1 atom stereocenters. The number of halogens is 1. The van der Waals surface area contributed by atoms with Crippen LogP contribution in [0.1, 0.15) is 12.0 Å². The molecule has 1 fully saturated rings. The zero-order chi connectivity index (χ0) is 18.8. The number of ether oxygens (including phenoxy) is 2. The third-order valence-corrected chi connectivity index (χ3v) is 4.69. The lowest BCUT2D eigenvalue weighted by atomic mass is 10.1. The molecule has 2 aliphatic heterocycles. The SMILES string of the molecule is O=C1CC(Nc2ccc3c(c2)OCCO3)C(=O)N1CCc1ccccc1F. The van der Waals surface area contributed by atoms with Crippen LogP contribution in [0.4, 0.5) is 10.1 Å². The maximum absolute atomic E-state index is 13.7. The van der Waals surface area contributed by atoms with Gasteiger partial charge >= 0.3 is 0 Å². The van der Waals surface area contributed by atoms with Gasteiger partial charge in [0.15, 0.2) is 11.5 Å². The topological polar surface area (TPSA) is 67.9 Å². The Morgan fingerprint density at radius 3 is 2.67 bits per heavy atom. The van der Waals surface area contributed by atoms with Gasteiger partial charge in [-0.05, 0) is 30.2 Å². The minimum absolute atomic E-state index is 0.0740. The van der Waals surface area contributed by atoms with Crippen molar-refractivity contribution in [3.8, 4) is 11.5 Å². The first-order valence-electron chi connectivity index (χ1n) is 8.85. The van der Waals surface area contributed by atoms with Gasteiger partial charge in [-0.1, -0.05) is 18.2 Å². The fraction of sp³-hybridized carbons (Fsp3) is 0.300. The van der Waals surface area contributed by atoms with E-state index in [1.165, 1.54) is 11.0 Å². The summed E-state index contributed by atoms with van der Waals surface area (Å²) in [5.41, 5.74) is 1.17.